The minimum absolute atomic E-state index is 0.186. The summed E-state index contributed by atoms with van der Waals surface area (Å²) in [4.78, 5) is 3.12. The van der Waals surface area contributed by atoms with Crippen molar-refractivity contribution in [3.8, 4) is 5.75 Å². The van der Waals surface area contributed by atoms with Crippen LogP contribution in [0.2, 0.25) is 5.15 Å². The third kappa shape index (κ3) is 2.57. The molecule has 0 aliphatic heterocycles. The third-order valence-corrected chi connectivity index (χ3v) is 2.55. The fourth-order valence-electron chi connectivity index (χ4n) is 1.26. The van der Waals surface area contributed by atoms with Crippen LogP contribution in [0.5, 0.6) is 5.75 Å². The van der Waals surface area contributed by atoms with Crippen LogP contribution in [0.4, 0.5) is 26.3 Å². The molecule has 1 rings (SSSR count). The van der Waals surface area contributed by atoms with Gasteiger partial charge in [-0.25, -0.2) is 4.98 Å². The lowest BCUT2D eigenvalue weighted by Gasteiger charge is -2.32. The maximum Gasteiger partial charge on any atom is 0.430 e. The van der Waals surface area contributed by atoms with Gasteiger partial charge in [0.1, 0.15) is 0 Å². The van der Waals surface area contributed by atoms with Gasteiger partial charge in [0, 0.05) is 11.8 Å². The fraction of sp³-hybridized carbons (Fsp3) is 0.444. The van der Waals surface area contributed by atoms with Gasteiger partial charge >= 0.3 is 12.4 Å². The van der Waals surface area contributed by atoms with Gasteiger partial charge in [-0.1, -0.05) is 11.6 Å². The minimum Gasteiger partial charge on any atom is -0.494 e. The zero-order valence-corrected chi connectivity index (χ0v) is 9.86. The van der Waals surface area contributed by atoms with Gasteiger partial charge in [0.2, 0.25) is 0 Å². The molecule has 0 atom stereocenters. The van der Waals surface area contributed by atoms with Crippen molar-refractivity contribution < 1.29 is 36.2 Å². The molecule has 19 heavy (non-hydrogen) atoms. The Bertz CT molecular complexity index is 459. The Balaban J connectivity index is 3.52. The summed E-state index contributed by atoms with van der Waals surface area (Å²) in [7, 11) is 0.979. The SMILES string of the molecule is COc1cc(C(O)(C(F)(F)F)C(F)(F)F)cnc1Cl. The molecule has 10 heteroatoms. The molecule has 0 amide bonds. The highest BCUT2D eigenvalue weighted by Gasteiger charge is 2.71. The van der Waals surface area contributed by atoms with Crippen molar-refractivity contribution in [2.75, 3.05) is 7.11 Å². The summed E-state index contributed by atoms with van der Waals surface area (Å²) >= 11 is 5.39. The Hall–Kier alpha value is -1.22. The predicted octanol–water partition coefficient (Wildman–Crippen LogP) is 3.06. The molecule has 0 bridgehead atoms. The molecule has 0 saturated heterocycles. The highest BCUT2D eigenvalue weighted by Crippen LogP contribution is 2.50. The smallest absolute Gasteiger partial charge is 0.430 e. The Morgan fingerprint density at radius 2 is 1.63 bits per heavy atom. The summed E-state index contributed by atoms with van der Waals surface area (Å²) in [6, 6.07) is 0.330. The topological polar surface area (TPSA) is 42.4 Å². The second-order valence-corrected chi connectivity index (χ2v) is 3.78. The van der Waals surface area contributed by atoms with E-state index >= 15 is 0 Å². The van der Waals surface area contributed by atoms with Gasteiger partial charge in [-0.3, -0.25) is 0 Å². The van der Waals surface area contributed by atoms with E-state index in [9.17, 15) is 26.3 Å². The molecule has 0 saturated carbocycles. The van der Waals surface area contributed by atoms with Crippen molar-refractivity contribution in [2.45, 2.75) is 18.0 Å². The summed E-state index contributed by atoms with van der Waals surface area (Å²) < 4.78 is 79.8. The standard InChI is InChI=1S/C9H6ClF6NO2/c1-19-5-2-4(3-17-6(5)10)7(18,8(11,12)13)9(14,15)16/h2-3,18H,1H3. The van der Waals surface area contributed by atoms with Crippen molar-refractivity contribution in [3.05, 3.63) is 23.0 Å². The molecular formula is C9H6ClF6NO2. The summed E-state index contributed by atoms with van der Waals surface area (Å²) in [6.07, 6.45) is -11.8. The quantitative estimate of drug-likeness (QED) is 0.674. The van der Waals surface area contributed by atoms with Crippen LogP contribution in [-0.4, -0.2) is 29.6 Å². The maximum atomic E-state index is 12.6. The van der Waals surface area contributed by atoms with Gasteiger partial charge in [0.25, 0.3) is 5.60 Å². The van der Waals surface area contributed by atoms with Crippen molar-refractivity contribution >= 4 is 11.6 Å². The first-order valence-corrected chi connectivity index (χ1v) is 4.88. The number of halogens is 7. The van der Waals surface area contributed by atoms with E-state index in [0.717, 1.165) is 7.11 Å². The lowest BCUT2D eigenvalue weighted by molar-refractivity contribution is -0.376. The second kappa shape index (κ2) is 4.71. The summed E-state index contributed by atoms with van der Waals surface area (Å²) in [5.41, 5.74) is -6.58. The van der Waals surface area contributed by atoms with E-state index in [0.29, 0.717) is 6.07 Å². The Labute approximate surface area is 107 Å². The number of aromatic nitrogens is 1. The Kier molecular flexibility index (Phi) is 3.93. The first kappa shape index (κ1) is 15.8. The van der Waals surface area contributed by atoms with Crippen LogP contribution in [0.15, 0.2) is 12.3 Å². The van der Waals surface area contributed by atoms with Crippen molar-refractivity contribution in [3.63, 3.8) is 0 Å². The molecule has 3 nitrogen and oxygen atoms in total. The molecule has 1 N–H and O–H groups in total. The van der Waals surface area contributed by atoms with Crippen LogP contribution in [0.3, 0.4) is 0 Å². The van der Waals surface area contributed by atoms with Crippen LogP contribution >= 0.6 is 11.6 Å². The summed E-state index contributed by atoms with van der Waals surface area (Å²) in [6.45, 7) is 0. The maximum absolute atomic E-state index is 12.6. The molecule has 0 spiro atoms. The predicted molar refractivity (Wildman–Crippen MR) is 51.8 cm³/mol. The highest BCUT2D eigenvalue weighted by atomic mass is 35.5. The van der Waals surface area contributed by atoms with Crippen LogP contribution in [0.25, 0.3) is 0 Å². The fourth-order valence-corrected chi connectivity index (χ4v) is 1.44. The van der Waals surface area contributed by atoms with E-state index in [1.54, 1.807) is 0 Å². The van der Waals surface area contributed by atoms with Crippen molar-refractivity contribution in [1.82, 2.24) is 4.98 Å². The van der Waals surface area contributed by atoms with E-state index in [2.05, 4.69) is 9.72 Å². The molecule has 0 aromatic carbocycles. The van der Waals surface area contributed by atoms with Gasteiger partial charge in [-0.05, 0) is 6.07 Å². The molecule has 0 unspecified atom stereocenters. The molecule has 0 aliphatic carbocycles. The zero-order valence-electron chi connectivity index (χ0n) is 9.10. The number of alkyl halides is 6. The molecule has 1 aromatic heterocycles. The minimum atomic E-state index is -5.98. The number of pyridine rings is 1. The zero-order chi connectivity index (χ0) is 15.1. The van der Waals surface area contributed by atoms with E-state index in [1.165, 1.54) is 0 Å². The lowest BCUT2D eigenvalue weighted by atomic mass is 9.94. The van der Waals surface area contributed by atoms with E-state index in [4.69, 9.17) is 16.7 Å². The second-order valence-electron chi connectivity index (χ2n) is 3.42. The number of hydrogen-bond acceptors (Lipinski definition) is 3. The molecule has 108 valence electrons. The van der Waals surface area contributed by atoms with E-state index < -0.39 is 34.4 Å². The average Bonchev–Trinajstić information content (AvgIpc) is 2.25. The molecule has 0 aliphatic rings. The average molecular weight is 310 g/mol. The van der Waals surface area contributed by atoms with Crippen LogP contribution < -0.4 is 4.74 Å². The molecule has 1 heterocycles. The van der Waals surface area contributed by atoms with Gasteiger partial charge in [-0.2, -0.15) is 26.3 Å². The number of methoxy groups -OCH3 is 1. The van der Waals surface area contributed by atoms with Gasteiger partial charge in [0.05, 0.1) is 7.11 Å². The molecule has 0 fully saturated rings. The number of hydrogen-bond donors (Lipinski definition) is 1. The first-order chi connectivity index (χ1) is 8.45. The summed E-state index contributed by atoms with van der Waals surface area (Å²) in [5.74, 6) is -0.522. The van der Waals surface area contributed by atoms with Crippen LogP contribution in [-0.2, 0) is 5.60 Å². The van der Waals surface area contributed by atoms with Crippen LogP contribution in [0.1, 0.15) is 5.56 Å². The number of ether oxygens (including phenoxy) is 1. The van der Waals surface area contributed by atoms with Crippen LogP contribution in [0, 0.1) is 0 Å². The van der Waals surface area contributed by atoms with Crippen molar-refractivity contribution in [2.24, 2.45) is 0 Å². The van der Waals surface area contributed by atoms with E-state index in [-0.39, 0.29) is 6.20 Å². The number of rotatable bonds is 2. The normalized spacial score (nSPS) is 13.5. The van der Waals surface area contributed by atoms with Crippen molar-refractivity contribution in [1.29, 1.82) is 0 Å². The molecular weight excluding hydrogens is 304 g/mol. The first-order valence-electron chi connectivity index (χ1n) is 4.51. The highest BCUT2D eigenvalue weighted by molar-refractivity contribution is 6.30. The molecule has 0 radical (unpaired) electrons. The Morgan fingerprint density at radius 3 is 2.00 bits per heavy atom. The van der Waals surface area contributed by atoms with Gasteiger partial charge in [0.15, 0.2) is 10.9 Å². The number of aliphatic hydroxyl groups is 1. The summed E-state index contributed by atoms with van der Waals surface area (Å²) in [5, 5.41) is 8.65. The largest absolute Gasteiger partial charge is 0.494 e. The van der Waals surface area contributed by atoms with Gasteiger partial charge in [-0.15, -0.1) is 0 Å². The molecule has 1 aromatic rings. The lowest BCUT2D eigenvalue weighted by Crippen LogP contribution is -2.54. The monoisotopic (exact) mass is 309 g/mol. The number of nitrogens with zero attached hydrogens (tertiary/aromatic N) is 1. The Morgan fingerprint density at radius 1 is 1.16 bits per heavy atom. The van der Waals surface area contributed by atoms with E-state index in [1.807, 2.05) is 0 Å². The van der Waals surface area contributed by atoms with Gasteiger partial charge < -0.3 is 9.84 Å². The third-order valence-electron chi connectivity index (χ3n) is 2.27.